The second kappa shape index (κ2) is 12.8. The van der Waals surface area contributed by atoms with Crippen molar-refractivity contribution in [3.63, 3.8) is 0 Å². The van der Waals surface area contributed by atoms with Gasteiger partial charge in [0, 0.05) is 12.5 Å². The summed E-state index contributed by atoms with van der Waals surface area (Å²) in [5.41, 5.74) is -16.2. The lowest BCUT2D eigenvalue weighted by Crippen LogP contribution is -2.83. The van der Waals surface area contributed by atoms with Crippen LogP contribution in [0.4, 0.5) is 0 Å². The highest BCUT2D eigenvalue weighted by Crippen LogP contribution is 2.61. The van der Waals surface area contributed by atoms with Gasteiger partial charge in [-0.25, -0.2) is 9.59 Å². The van der Waals surface area contributed by atoms with Crippen LogP contribution in [0.25, 0.3) is 0 Å². The standard InChI is InChI=1S/C32H58O14/c1-13-23(2)25(4,18-42-14-21(33)34)45-28(7,32(11,40)29(23,8)37)20-44-16-24(3)26(5,19-43-15-22(35)36)46-27(6,17-41-12)31(10,39)30(24,9)38/h37-40H,13-20H2,1-12H3,(H,33,34)(H,35,36). The third kappa shape index (κ3) is 5.90. The highest BCUT2D eigenvalue weighted by atomic mass is 16.6. The second-order valence-corrected chi connectivity index (χ2v) is 15.1. The van der Waals surface area contributed by atoms with Crippen molar-refractivity contribution < 1.29 is 68.6 Å². The monoisotopic (exact) mass is 666 g/mol. The predicted molar refractivity (Wildman–Crippen MR) is 164 cm³/mol. The fraction of sp³-hybridized carbons (Fsp3) is 0.938. The first-order valence-corrected chi connectivity index (χ1v) is 15.5. The molecule has 14 nitrogen and oxygen atoms in total. The largest absolute Gasteiger partial charge is 0.480 e. The molecule has 10 atom stereocenters. The molecule has 0 aromatic heterocycles. The van der Waals surface area contributed by atoms with Crippen LogP contribution >= 0.6 is 0 Å². The van der Waals surface area contributed by atoms with E-state index in [0.29, 0.717) is 6.42 Å². The van der Waals surface area contributed by atoms with Crippen molar-refractivity contribution in [2.45, 2.75) is 127 Å². The van der Waals surface area contributed by atoms with Crippen LogP contribution in [0.2, 0.25) is 0 Å². The number of carbonyl (C=O) groups is 2. The van der Waals surface area contributed by atoms with E-state index in [1.807, 2.05) is 6.92 Å². The molecule has 0 radical (unpaired) electrons. The van der Waals surface area contributed by atoms with E-state index in [-0.39, 0.29) is 33.0 Å². The molecule has 0 aromatic carbocycles. The Morgan fingerprint density at radius 2 is 0.870 bits per heavy atom. The smallest absolute Gasteiger partial charge is 0.329 e. The molecular formula is C32H58O14. The molecule has 6 N–H and O–H groups in total. The molecular weight excluding hydrogens is 608 g/mol. The number of hydrogen-bond acceptors (Lipinski definition) is 12. The molecule has 2 heterocycles. The summed E-state index contributed by atoms with van der Waals surface area (Å²) in [6.07, 6.45) is 0.336. The molecule has 0 bridgehead atoms. The number of carboxylic acids is 2. The average Bonchev–Trinajstić information content (AvgIpc) is 2.90. The van der Waals surface area contributed by atoms with Gasteiger partial charge in [0.25, 0.3) is 0 Å². The van der Waals surface area contributed by atoms with Gasteiger partial charge in [0.1, 0.15) is 52.4 Å². The van der Waals surface area contributed by atoms with Gasteiger partial charge in [-0.1, -0.05) is 20.8 Å². The number of aliphatic carboxylic acids is 2. The van der Waals surface area contributed by atoms with Gasteiger partial charge in [0.15, 0.2) is 0 Å². The zero-order valence-corrected chi connectivity index (χ0v) is 29.6. The molecule has 270 valence electrons. The SMILES string of the molecule is CCC1(C)C(C)(COCC(=O)O)OC(C)(COCC2(C)C(C)(COCC(=O)O)OC(C)(COC)C(C)(O)C2(C)O)C(C)(O)C1(C)O. The lowest BCUT2D eigenvalue weighted by molar-refractivity contribution is -0.410. The van der Waals surface area contributed by atoms with E-state index in [1.165, 1.54) is 34.8 Å². The van der Waals surface area contributed by atoms with Crippen molar-refractivity contribution in [2.24, 2.45) is 10.8 Å². The number of rotatable bonds is 15. The molecule has 2 fully saturated rings. The lowest BCUT2D eigenvalue weighted by Gasteiger charge is -2.68. The Hall–Kier alpha value is -1.46. The lowest BCUT2D eigenvalue weighted by atomic mass is 9.51. The first kappa shape index (κ1) is 40.7. The minimum atomic E-state index is -1.98. The van der Waals surface area contributed by atoms with Crippen LogP contribution in [0.1, 0.15) is 82.6 Å². The topological polar surface area (TPSA) is 211 Å². The van der Waals surface area contributed by atoms with Crippen molar-refractivity contribution >= 4 is 11.9 Å². The van der Waals surface area contributed by atoms with Gasteiger partial charge in [-0.2, -0.15) is 0 Å². The van der Waals surface area contributed by atoms with Gasteiger partial charge in [0.2, 0.25) is 0 Å². The maximum absolute atomic E-state index is 12.2. The van der Waals surface area contributed by atoms with E-state index in [0.717, 1.165) is 0 Å². The molecule has 2 rings (SSSR count). The Bertz CT molecular complexity index is 1120. The summed E-state index contributed by atoms with van der Waals surface area (Å²) in [6, 6.07) is 0. The fourth-order valence-corrected chi connectivity index (χ4v) is 7.67. The summed E-state index contributed by atoms with van der Waals surface area (Å²) < 4.78 is 35.7. The molecule has 46 heavy (non-hydrogen) atoms. The number of aliphatic hydroxyl groups is 4. The Balaban J connectivity index is 2.57. The number of hydrogen-bond donors (Lipinski definition) is 6. The maximum Gasteiger partial charge on any atom is 0.329 e. The minimum absolute atomic E-state index is 0.121. The molecule has 2 aliphatic heterocycles. The van der Waals surface area contributed by atoms with Gasteiger partial charge in [-0.05, 0) is 61.8 Å². The van der Waals surface area contributed by atoms with Gasteiger partial charge in [0.05, 0.1) is 44.1 Å². The first-order valence-electron chi connectivity index (χ1n) is 15.5. The van der Waals surface area contributed by atoms with E-state index in [2.05, 4.69) is 0 Å². The Labute approximate surface area is 272 Å². The van der Waals surface area contributed by atoms with E-state index < -0.39 is 80.8 Å². The van der Waals surface area contributed by atoms with Crippen molar-refractivity contribution in [3.8, 4) is 0 Å². The molecule has 0 aliphatic carbocycles. The van der Waals surface area contributed by atoms with E-state index >= 15 is 0 Å². The van der Waals surface area contributed by atoms with Crippen LogP contribution in [0.15, 0.2) is 0 Å². The second-order valence-electron chi connectivity index (χ2n) is 15.1. The summed E-state index contributed by atoms with van der Waals surface area (Å²) in [7, 11) is 1.42. The third-order valence-corrected chi connectivity index (χ3v) is 12.4. The Morgan fingerprint density at radius 1 is 0.522 bits per heavy atom. The van der Waals surface area contributed by atoms with Crippen molar-refractivity contribution in [1.29, 1.82) is 0 Å². The summed E-state index contributed by atoms with van der Waals surface area (Å²) >= 11 is 0. The van der Waals surface area contributed by atoms with Crippen molar-refractivity contribution in [1.82, 2.24) is 0 Å². The predicted octanol–water partition coefficient (Wildman–Crippen LogP) is 1.37. The molecule has 14 heteroatoms. The van der Waals surface area contributed by atoms with Gasteiger partial charge < -0.3 is 59.1 Å². The molecule has 2 saturated heterocycles. The zero-order chi connectivity index (χ0) is 36.1. The molecule has 10 unspecified atom stereocenters. The van der Waals surface area contributed by atoms with Crippen molar-refractivity contribution in [3.05, 3.63) is 0 Å². The quantitative estimate of drug-likeness (QED) is 0.146. The molecule has 0 saturated carbocycles. The first-order chi connectivity index (χ1) is 20.6. The van der Waals surface area contributed by atoms with Crippen molar-refractivity contribution in [2.75, 3.05) is 53.4 Å². The highest BCUT2D eigenvalue weighted by Gasteiger charge is 2.75. The van der Waals surface area contributed by atoms with E-state index in [1.54, 1.807) is 41.5 Å². The van der Waals surface area contributed by atoms with Crippen LogP contribution in [0.5, 0.6) is 0 Å². The van der Waals surface area contributed by atoms with Crippen LogP contribution in [-0.4, -0.2) is 141 Å². The average molecular weight is 667 g/mol. The summed E-state index contributed by atoms with van der Waals surface area (Å²) in [5.74, 6) is -2.38. The zero-order valence-electron chi connectivity index (χ0n) is 29.6. The molecule has 2 aliphatic rings. The van der Waals surface area contributed by atoms with Gasteiger partial charge in [-0.3, -0.25) is 0 Å². The minimum Gasteiger partial charge on any atom is -0.480 e. The van der Waals surface area contributed by atoms with Crippen LogP contribution in [-0.2, 0) is 38.0 Å². The van der Waals surface area contributed by atoms with Gasteiger partial charge in [-0.15, -0.1) is 0 Å². The van der Waals surface area contributed by atoms with Gasteiger partial charge >= 0.3 is 11.9 Å². The molecule has 0 aromatic rings. The maximum atomic E-state index is 12.2. The number of carboxylic acid groups (broad SMARTS) is 2. The Morgan fingerprint density at radius 3 is 1.24 bits per heavy atom. The summed E-state index contributed by atoms with van der Waals surface area (Å²) in [5, 5.41) is 66.5. The third-order valence-electron chi connectivity index (χ3n) is 12.4. The number of ether oxygens (including phenoxy) is 6. The normalized spacial score (nSPS) is 47.9. The van der Waals surface area contributed by atoms with Crippen LogP contribution in [0, 0.1) is 10.8 Å². The summed E-state index contributed by atoms with van der Waals surface area (Å²) in [4.78, 5) is 22.5. The Kier molecular flexibility index (Phi) is 11.3. The summed E-state index contributed by atoms with van der Waals surface area (Å²) in [6.45, 7) is 14.9. The van der Waals surface area contributed by atoms with E-state index in [4.69, 9.17) is 33.5 Å². The highest BCUT2D eigenvalue weighted by molar-refractivity contribution is 5.68. The molecule has 0 amide bonds. The van der Waals surface area contributed by atoms with Crippen LogP contribution in [0.3, 0.4) is 0 Å². The number of methoxy groups -OCH3 is 1. The fourth-order valence-electron chi connectivity index (χ4n) is 7.67. The molecule has 0 spiro atoms. The van der Waals surface area contributed by atoms with Crippen LogP contribution < -0.4 is 0 Å². The van der Waals surface area contributed by atoms with E-state index in [9.17, 15) is 35.1 Å².